The summed E-state index contributed by atoms with van der Waals surface area (Å²) in [5.74, 6) is -0.909. The van der Waals surface area contributed by atoms with Crippen LogP contribution < -0.4 is 14.8 Å². The summed E-state index contributed by atoms with van der Waals surface area (Å²) >= 11 is 0. The van der Waals surface area contributed by atoms with E-state index in [1.807, 2.05) is 60.7 Å². The number of hydrogen-bond acceptors (Lipinski definition) is 11. The fourth-order valence-corrected chi connectivity index (χ4v) is 7.26. The van der Waals surface area contributed by atoms with Gasteiger partial charge < -0.3 is 34.5 Å². The third kappa shape index (κ3) is 7.39. The number of carbonyl (C=O) groups is 3. The fourth-order valence-electron chi connectivity index (χ4n) is 7.26. The van der Waals surface area contributed by atoms with Crippen molar-refractivity contribution in [1.82, 2.24) is 19.5 Å². The first-order valence-electron chi connectivity index (χ1n) is 17.9. The van der Waals surface area contributed by atoms with E-state index in [2.05, 4.69) is 20.3 Å². The Labute approximate surface area is 321 Å². The summed E-state index contributed by atoms with van der Waals surface area (Å²) in [4.78, 5) is 50.9. The number of carboxylic acid groups (broad SMARTS) is 1. The summed E-state index contributed by atoms with van der Waals surface area (Å²) in [6.45, 7) is 0. The normalized spacial score (nSPS) is 17.2. The summed E-state index contributed by atoms with van der Waals surface area (Å²) in [5, 5.41) is 25.2. The Morgan fingerprint density at radius 3 is 2.00 bits per heavy atom. The van der Waals surface area contributed by atoms with E-state index in [0.29, 0.717) is 39.4 Å². The van der Waals surface area contributed by atoms with Crippen LogP contribution in [0.25, 0.3) is 11.2 Å². The predicted molar refractivity (Wildman–Crippen MR) is 203 cm³/mol. The van der Waals surface area contributed by atoms with Gasteiger partial charge in [0.05, 0.1) is 38.8 Å². The van der Waals surface area contributed by atoms with E-state index in [0.717, 1.165) is 0 Å². The topological polar surface area (TPSA) is 184 Å². The molecule has 1 amide bonds. The molecule has 286 valence electrons. The Kier molecular flexibility index (Phi) is 11.0. The molecule has 14 heteroatoms. The second-order valence-corrected chi connectivity index (χ2v) is 13.2. The van der Waals surface area contributed by atoms with Crippen molar-refractivity contribution in [2.75, 3.05) is 19.5 Å². The largest absolute Gasteiger partial charge is 0.497 e. The van der Waals surface area contributed by atoms with Crippen LogP contribution in [0.1, 0.15) is 52.5 Å². The zero-order chi connectivity index (χ0) is 39.2. The van der Waals surface area contributed by atoms with Gasteiger partial charge in [-0.05, 0) is 53.1 Å². The molecule has 3 heterocycles. The number of imidazole rings is 1. The van der Waals surface area contributed by atoms with Crippen molar-refractivity contribution in [3.63, 3.8) is 0 Å². The Morgan fingerprint density at radius 1 is 0.821 bits per heavy atom. The number of carbonyl (C=O) groups excluding carboxylic acids is 2. The van der Waals surface area contributed by atoms with Gasteiger partial charge in [-0.15, -0.1) is 0 Å². The number of ether oxygens (including phenoxy) is 4. The first kappa shape index (κ1) is 37.7. The van der Waals surface area contributed by atoms with Crippen molar-refractivity contribution in [1.29, 1.82) is 0 Å². The molecule has 1 unspecified atom stereocenters. The minimum Gasteiger partial charge on any atom is -0.497 e. The minimum absolute atomic E-state index is 0.0395. The van der Waals surface area contributed by atoms with Crippen molar-refractivity contribution in [3.8, 4) is 11.5 Å². The zero-order valence-corrected chi connectivity index (χ0v) is 30.5. The Bertz CT molecular complexity index is 2250. The van der Waals surface area contributed by atoms with Crippen molar-refractivity contribution < 1.29 is 43.5 Å². The first-order chi connectivity index (χ1) is 27.2. The van der Waals surface area contributed by atoms with Crippen molar-refractivity contribution in [2.24, 2.45) is 0 Å². The second kappa shape index (κ2) is 16.4. The van der Waals surface area contributed by atoms with Crippen LogP contribution in [0.3, 0.4) is 0 Å². The smallest absolute Gasteiger partial charge is 0.306 e. The molecule has 4 atom stereocenters. The fraction of sp³-hybridized carbons (Fsp3) is 0.238. The van der Waals surface area contributed by atoms with Crippen molar-refractivity contribution in [2.45, 2.75) is 49.2 Å². The number of methoxy groups -OCH3 is 2. The molecule has 1 aliphatic heterocycles. The predicted octanol–water partition coefficient (Wildman–Crippen LogP) is 5.56. The van der Waals surface area contributed by atoms with E-state index >= 15 is 0 Å². The summed E-state index contributed by atoms with van der Waals surface area (Å²) < 4.78 is 25.3. The van der Waals surface area contributed by atoms with Crippen LogP contribution in [0.4, 0.5) is 5.82 Å². The number of amides is 1. The molecule has 3 N–H and O–H groups in total. The maximum Gasteiger partial charge on any atom is 0.306 e. The highest BCUT2D eigenvalue weighted by Crippen LogP contribution is 2.48. The van der Waals surface area contributed by atoms with Crippen LogP contribution in [-0.4, -0.2) is 80.1 Å². The number of aromatic nitrogens is 4. The number of esters is 1. The van der Waals surface area contributed by atoms with Gasteiger partial charge in [-0.1, -0.05) is 72.8 Å². The van der Waals surface area contributed by atoms with Gasteiger partial charge in [-0.25, -0.2) is 15.0 Å². The quantitative estimate of drug-likeness (QED) is 0.0931. The molecule has 0 aliphatic carbocycles. The van der Waals surface area contributed by atoms with Crippen LogP contribution in [0, 0.1) is 0 Å². The van der Waals surface area contributed by atoms with Crippen LogP contribution in [0.2, 0.25) is 0 Å². The molecule has 7 rings (SSSR count). The number of carboxylic acids is 1. The number of aliphatic hydroxyl groups is 1. The lowest BCUT2D eigenvalue weighted by Gasteiger charge is -2.43. The maximum absolute atomic E-state index is 13.2. The number of nitrogens with zero attached hydrogens (tertiary/aromatic N) is 4. The van der Waals surface area contributed by atoms with E-state index in [1.54, 1.807) is 67.3 Å². The molecular formula is C42H39N5O9. The number of benzene rings is 4. The average molecular weight is 758 g/mol. The van der Waals surface area contributed by atoms with E-state index in [4.69, 9.17) is 18.9 Å². The summed E-state index contributed by atoms with van der Waals surface area (Å²) in [5.41, 5.74) is 1.78. The Balaban J connectivity index is 1.33. The Hall–Kier alpha value is -6.64. The molecule has 0 radical (unpaired) electrons. The molecule has 2 aromatic heterocycles. The average Bonchev–Trinajstić information content (AvgIpc) is 3.86. The van der Waals surface area contributed by atoms with Crippen LogP contribution in [-0.2, 0) is 24.5 Å². The lowest BCUT2D eigenvalue weighted by molar-refractivity contribution is -0.159. The summed E-state index contributed by atoms with van der Waals surface area (Å²) in [7, 11) is 3.14. The zero-order valence-electron chi connectivity index (χ0n) is 30.5. The molecule has 14 nitrogen and oxygen atoms in total. The SMILES string of the molecule is COc1ccc(C(c2ccccc2)(c2ccc(OC)cc2)C(O)[C@H]2O[C@@H](n3cnc4c(NC(=O)c5ccccc5)ncnc43)C[C@@H]2OC(=O)CCC(=O)O)cc1. The molecule has 1 fully saturated rings. The molecule has 0 spiro atoms. The number of aliphatic hydroxyl groups excluding tert-OH is 1. The third-order valence-electron chi connectivity index (χ3n) is 9.95. The van der Waals surface area contributed by atoms with E-state index < -0.39 is 48.3 Å². The molecule has 0 bridgehead atoms. The van der Waals surface area contributed by atoms with Crippen LogP contribution >= 0.6 is 0 Å². The van der Waals surface area contributed by atoms with Gasteiger partial charge in [0.15, 0.2) is 17.0 Å². The summed E-state index contributed by atoms with van der Waals surface area (Å²) in [6, 6.07) is 32.8. The van der Waals surface area contributed by atoms with Gasteiger partial charge in [-0.3, -0.25) is 19.0 Å². The summed E-state index contributed by atoms with van der Waals surface area (Å²) in [6.07, 6.45) is -2.57. The van der Waals surface area contributed by atoms with Crippen molar-refractivity contribution >= 4 is 34.8 Å². The monoisotopic (exact) mass is 757 g/mol. The molecule has 1 aliphatic rings. The number of nitrogens with one attached hydrogen (secondary N) is 1. The second-order valence-electron chi connectivity index (χ2n) is 13.2. The number of anilines is 1. The number of aliphatic carboxylic acids is 1. The van der Waals surface area contributed by atoms with E-state index in [9.17, 15) is 24.6 Å². The first-order valence-corrected chi connectivity index (χ1v) is 17.9. The Morgan fingerprint density at radius 2 is 1.41 bits per heavy atom. The maximum atomic E-state index is 13.2. The number of hydrogen-bond donors (Lipinski definition) is 3. The highest BCUT2D eigenvalue weighted by atomic mass is 16.6. The van der Waals surface area contributed by atoms with Gasteiger partial charge in [-0.2, -0.15) is 0 Å². The van der Waals surface area contributed by atoms with E-state index in [-0.39, 0.29) is 30.1 Å². The number of fused-ring (bicyclic) bond motifs is 1. The highest BCUT2D eigenvalue weighted by Gasteiger charge is 2.53. The van der Waals surface area contributed by atoms with Gasteiger partial charge in [0, 0.05) is 12.0 Å². The molecule has 6 aromatic rings. The molecule has 4 aromatic carbocycles. The molecular weight excluding hydrogens is 718 g/mol. The van der Waals surface area contributed by atoms with Crippen molar-refractivity contribution in [3.05, 3.63) is 144 Å². The highest BCUT2D eigenvalue weighted by molar-refractivity contribution is 6.06. The lowest BCUT2D eigenvalue weighted by Crippen LogP contribution is -2.52. The number of rotatable bonds is 14. The minimum atomic E-state index is -1.43. The third-order valence-corrected chi connectivity index (χ3v) is 9.95. The van der Waals surface area contributed by atoms with Gasteiger partial charge >= 0.3 is 11.9 Å². The molecule has 0 saturated carbocycles. The van der Waals surface area contributed by atoms with Crippen LogP contribution in [0.5, 0.6) is 11.5 Å². The van der Waals surface area contributed by atoms with Gasteiger partial charge in [0.25, 0.3) is 5.91 Å². The molecule has 1 saturated heterocycles. The van der Waals surface area contributed by atoms with Gasteiger partial charge in [0.2, 0.25) is 0 Å². The van der Waals surface area contributed by atoms with E-state index in [1.165, 1.54) is 12.7 Å². The lowest BCUT2D eigenvalue weighted by atomic mass is 9.64. The van der Waals surface area contributed by atoms with Gasteiger partial charge in [0.1, 0.15) is 42.4 Å². The standard InChI is InChI=1S/C42H39N5O9/c1-53-30-17-13-28(14-18-30)42(27-11-7-4-8-12-27,29-15-19-31(54-2)20-16-29)38(51)37-32(55-35(50)22-21-34(48)49)23-33(56-37)47-25-45-36-39(43-24-44-40(36)47)46-41(52)26-9-5-3-6-10-26/h3-20,24-25,32-33,37-38,51H,21-23H2,1-2H3,(H,48,49)(H,43,44,46,52)/t32-,33+,37-,38?/m0/s1. The molecule has 56 heavy (non-hydrogen) atoms. The van der Waals surface area contributed by atoms with Crippen LogP contribution in [0.15, 0.2) is 122 Å².